The Morgan fingerprint density at radius 1 is 0.652 bits per heavy atom. The first-order valence-corrected chi connectivity index (χ1v) is 10.8. The molecule has 0 heterocycles. The summed E-state index contributed by atoms with van der Waals surface area (Å²) in [5.74, 6) is 0. The van der Waals surface area contributed by atoms with Gasteiger partial charge in [-0.3, -0.25) is 0 Å². The van der Waals surface area contributed by atoms with Crippen molar-refractivity contribution in [3.63, 3.8) is 0 Å². The van der Waals surface area contributed by atoms with E-state index in [9.17, 15) is 16.8 Å². The van der Waals surface area contributed by atoms with Gasteiger partial charge < -0.3 is 0 Å². The molecule has 0 radical (unpaired) electrons. The van der Waals surface area contributed by atoms with Crippen LogP contribution < -0.4 is 9.44 Å². The summed E-state index contributed by atoms with van der Waals surface area (Å²) in [4.78, 5) is 0. The smallest absolute Gasteiger partial charge is 0.214 e. The van der Waals surface area contributed by atoms with E-state index >= 15 is 0 Å². The molecule has 0 spiro atoms. The largest absolute Gasteiger partial charge is 0.227 e. The van der Waals surface area contributed by atoms with Gasteiger partial charge in [0.1, 0.15) is 0 Å². The SMILES string of the molecule is N#CCCCCCNS(=O)(=O)CS(=O)(=O)NCCCCCC#N. The number of rotatable bonds is 14. The molecule has 0 amide bonds. The van der Waals surface area contributed by atoms with Gasteiger partial charge in [-0.05, 0) is 25.7 Å². The van der Waals surface area contributed by atoms with E-state index in [1.165, 1.54) is 0 Å². The fourth-order valence-electron chi connectivity index (χ4n) is 1.75. The molecule has 8 nitrogen and oxygen atoms in total. The van der Waals surface area contributed by atoms with Crippen LogP contribution in [0.25, 0.3) is 0 Å². The van der Waals surface area contributed by atoms with Gasteiger partial charge in [0.05, 0.1) is 12.1 Å². The third-order valence-corrected chi connectivity index (χ3v) is 6.66. The Morgan fingerprint density at radius 3 is 1.39 bits per heavy atom. The van der Waals surface area contributed by atoms with Crippen molar-refractivity contribution >= 4 is 20.0 Å². The zero-order valence-corrected chi connectivity index (χ0v) is 14.8. The van der Waals surface area contributed by atoms with Crippen molar-refractivity contribution in [2.75, 3.05) is 18.2 Å². The Hall–Kier alpha value is -1.20. The van der Waals surface area contributed by atoms with Gasteiger partial charge >= 0.3 is 0 Å². The maximum absolute atomic E-state index is 11.7. The lowest BCUT2D eigenvalue weighted by atomic mass is 10.2. The predicted molar refractivity (Wildman–Crippen MR) is 86.9 cm³/mol. The van der Waals surface area contributed by atoms with E-state index in [4.69, 9.17) is 10.5 Å². The topological polar surface area (TPSA) is 140 Å². The third kappa shape index (κ3) is 14.1. The van der Waals surface area contributed by atoms with E-state index in [1.54, 1.807) is 0 Å². The number of nitrogens with one attached hydrogen (secondary N) is 2. The highest BCUT2D eigenvalue weighted by atomic mass is 32.3. The van der Waals surface area contributed by atoms with Crippen LogP contribution in [0.2, 0.25) is 0 Å². The van der Waals surface area contributed by atoms with Crippen molar-refractivity contribution in [3.8, 4) is 12.1 Å². The molecule has 132 valence electrons. The molecule has 0 aliphatic carbocycles. The van der Waals surface area contributed by atoms with E-state index in [-0.39, 0.29) is 13.1 Å². The minimum absolute atomic E-state index is 0.164. The third-order valence-electron chi connectivity index (χ3n) is 2.88. The second-order valence-corrected chi connectivity index (χ2v) is 9.05. The van der Waals surface area contributed by atoms with Gasteiger partial charge in [-0.1, -0.05) is 12.8 Å². The summed E-state index contributed by atoms with van der Waals surface area (Å²) in [6, 6.07) is 4.00. The molecule has 2 N–H and O–H groups in total. The maximum atomic E-state index is 11.7. The number of sulfonamides is 2. The van der Waals surface area contributed by atoms with Gasteiger partial charge in [0.25, 0.3) is 0 Å². The summed E-state index contributed by atoms with van der Waals surface area (Å²) < 4.78 is 51.3. The molecule has 0 aromatic rings. The quantitative estimate of drug-likeness (QED) is 0.440. The Morgan fingerprint density at radius 2 is 1.04 bits per heavy atom. The molecule has 0 aromatic heterocycles. The zero-order valence-electron chi connectivity index (χ0n) is 13.1. The molecule has 0 bridgehead atoms. The fraction of sp³-hybridized carbons (Fsp3) is 0.846. The molecule has 0 unspecified atom stereocenters. The van der Waals surface area contributed by atoms with Crippen LogP contribution in [0.5, 0.6) is 0 Å². The lowest BCUT2D eigenvalue weighted by molar-refractivity contribution is 0.567. The summed E-state index contributed by atoms with van der Waals surface area (Å²) in [6.07, 6.45) is 4.81. The van der Waals surface area contributed by atoms with Crippen molar-refractivity contribution in [1.82, 2.24) is 9.44 Å². The molecule has 0 aliphatic rings. The van der Waals surface area contributed by atoms with Gasteiger partial charge in [-0.15, -0.1) is 0 Å². The average Bonchev–Trinajstić information content (AvgIpc) is 2.45. The van der Waals surface area contributed by atoms with Crippen LogP contribution in [0.3, 0.4) is 0 Å². The average molecular weight is 364 g/mol. The number of hydrogen-bond acceptors (Lipinski definition) is 6. The molecule has 0 rings (SSSR count). The highest BCUT2D eigenvalue weighted by Gasteiger charge is 2.21. The first-order chi connectivity index (χ1) is 10.8. The first kappa shape index (κ1) is 21.8. The molecule has 0 aromatic carbocycles. The zero-order chi connectivity index (χ0) is 17.6. The predicted octanol–water partition coefficient (Wildman–Crippen LogP) is 0.951. The Labute approximate surface area is 139 Å². The Kier molecular flexibility index (Phi) is 11.6. The van der Waals surface area contributed by atoms with Gasteiger partial charge in [-0.25, -0.2) is 26.3 Å². The van der Waals surface area contributed by atoms with E-state index in [1.807, 2.05) is 12.1 Å². The second-order valence-electron chi connectivity index (χ2n) is 5.07. The highest BCUT2D eigenvalue weighted by Crippen LogP contribution is 2.01. The van der Waals surface area contributed by atoms with E-state index in [0.717, 1.165) is 0 Å². The molecule has 0 aliphatic heterocycles. The van der Waals surface area contributed by atoms with Gasteiger partial charge in [0.2, 0.25) is 20.0 Å². The minimum Gasteiger partial charge on any atom is -0.214 e. The van der Waals surface area contributed by atoms with Crippen LogP contribution in [-0.2, 0) is 20.0 Å². The number of unbranched alkanes of at least 4 members (excludes halogenated alkanes) is 6. The van der Waals surface area contributed by atoms with Crippen molar-refractivity contribution in [2.45, 2.75) is 51.4 Å². The highest BCUT2D eigenvalue weighted by molar-refractivity contribution is 8.06. The number of nitrogens with zero attached hydrogens (tertiary/aromatic N) is 2. The first-order valence-electron chi connectivity index (χ1n) is 7.51. The molecule has 23 heavy (non-hydrogen) atoms. The number of nitriles is 2. The summed E-state index contributed by atoms with van der Waals surface area (Å²) in [5, 5.41) is 15.7. The van der Waals surface area contributed by atoms with E-state index in [2.05, 4.69) is 9.44 Å². The number of hydrogen-bond donors (Lipinski definition) is 2. The Bertz CT molecular complexity index is 549. The summed E-state index contributed by atoms with van der Waals surface area (Å²) >= 11 is 0. The van der Waals surface area contributed by atoms with Gasteiger partial charge in [0.15, 0.2) is 5.08 Å². The minimum atomic E-state index is -3.89. The summed E-state index contributed by atoms with van der Waals surface area (Å²) in [5.41, 5.74) is 0. The van der Waals surface area contributed by atoms with Crippen LogP contribution in [0.15, 0.2) is 0 Å². The lowest BCUT2D eigenvalue weighted by Gasteiger charge is -2.08. The monoisotopic (exact) mass is 364 g/mol. The second kappa shape index (κ2) is 12.3. The van der Waals surface area contributed by atoms with Crippen molar-refractivity contribution in [3.05, 3.63) is 0 Å². The lowest BCUT2D eigenvalue weighted by Crippen LogP contribution is -2.36. The standard InChI is InChI=1S/C13H24N4O4S2/c14-9-5-1-3-7-11-16-22(18,19)13-23(20,21)17-12-8-4-2-6-10-15/h16-17H,1-8,11-13H2. The molecular weight excluding hydrogens is 340 g/mol. The van der Waals surface area contributed by atoms with Crippen molar-refractivity contribution in [2.24, 2.45) is 0 Å². The molecule has 0 fully saturated rings. The summed E-state index contributed by atoms with van der Waals surface area (Å²) in [7, 11) is -7.78. The van der Waals surface area contributed by atoms with E-state index < -0.39 is 25.1 Å². The van der Waals surface area contributed by atoms with Crippen LogP contribution in [0.4, 0.5) is 0 Å². The van der Waals surface area contributed by atoms with Crippen LogP contribution in [0.1, 0.15) is 51.4 Å². The fourth-order valence-corrected chi connectivity index (χ4v) is 4.97. The Balaban J connectivity index is 3.97. The molecule has 0 saturated heterocycles. The summed E-state index contributed by atoms with van der Waals surface area (Å²) in [6.45, 7) is 0.328. The molecule has 0 atom stereocenters. The van der Waals surface area contributed by atoms with Crippen molar-refractivity contribution in [1.29, 1.82) is 10.5 Å². The van der Waals surface area contributed by atoms with Crippen LogP contribution >= 0.6 is 0 Å². The molecular formula is C13H24N4O4S2. The van der Waals surface area contributed by atoms with Crippen molar-refractivity contribution < 1.29 is 16.8 Å². The maximum Gasteiger partial charge on any atom is 0.227 e. The molecule has 0 saturated carbocycles. The van der Waals surface area contributed by atoms with Crippen LogP contribution in [-0.4, -0.2) is 35.0 Å². The molecule has 10 heteroatoms. The van der Waals surface area contributed by atoms with Crippen LogP contribution in [0, 0.1) is 22.7 Å². The van der Waals surface area contributed by atoms with E-state index in [0.29, 0.717) is 51.4 Å². The van der Waals surface area contributed by atoms with Gasteiger partial charge in [0, 0.05) is 25.9 Å². The van der Waals surface area contributed by atoms with Gasteiger partial charge in [-0.2, -0.15) is 10.5 Å². The normalized spacial score (nSPS) is 11.7.